The number of halogens is 2. The van der Waals surface area contributed by atoms with Crippen molar-refractivity contribution in [3.05, 3.63) is 95.7 Å². The van der Waals surface area contributed by atoms with Crippen molar-refractivity contribution >= 4 is 25.8 Å². The molecule has 2 rings (SSSR count). The monoisotopic (exact) mass is 475 g/mol. The number of allylic oxidation sites excluding steroid dienone is 4. The maximum atomic E-state index is 13.4. The van der Waals surface area contributed by atoms with Crippen molar-refractivity contribution in [1.82, 2.24) is 0 Å². The molecular formula is C29H44F2NP. The predicted molar refractivity (Wildman–Crippen MR) is 152 cm³/mol. The number of aliphatic imine (C=N–C) groups is 1. The second-order valence-corrected chi connectivity index (χ2v) is 7.18. The Morgan fingerprint density at radius 3 is 1.82 bits per heavy atom. The molecule has 33 heavy (non-hydrogen) atoms. The van der Waals surface area contributed by atoms with Crippen LogP contribution in [0.25, 0.3) is 5.57 Å². The molecule has 0 aliphatic heterocycles. The molecule has 0 saturated heterocycles. The van der Waals surface area contributed by atoms with E-state index in [-0.39, 0.29) is 0 Å². The third-order valence-corrected chi connectivity index (χ3v) is 4.16. The molecule has 0 N–H and O–H groups in total. The van der Waals surface area contributed by atoms with E-state index >= 15 is 0 Å². The fraction of sp³-hybridized carbons (Fsp3) is 0.345. The number of nitrogens with zero attached hydrogens (tertiary/aromatic N) is 1. The summed E-state index contributed by atoms with van der Waals surface area (Å²) >= 11 is 0. The highest BCUT2D eigenvalue weighted by Crippen LogP contribution is 2.18. The van der Waals surface area contributed by atoms with Crippen LogP contribution in [0, 0.1) is 18.6 Å². The van der Waals surface area contributed by atoms with E-state index < -0.39 is 11.6 Å². The van der Waals surface area contributed by atoms with E-state index in [1.54, 1.807) is 13.1 Å². The van der Waals surface area contributed by atoms with Crippen LogP contribution in [-0.2, 0) is 0 Å². The largest absolute Gasteiger partial charge is 0.261 e. The Bertz CT molecular complexity index is 860. The van der Waals surface area contributed by atoms with Crippen LogP contribution in [0.5, 0.6) is 0 Å². The van der Waals surface area contributed by atoms with Gasteiger partial charge in [0, 0.05) is 23.5 Å². The third-order valence-electron chi connectivity index (χ3n) is 3.80. The Balaban J connectivity index is -0.000000465. The van der Waals surface area contributed by atoms with E-state index in [0.717, 1.165) is 17.4 Å². The van der Waals surface area contributed by atoms with Gasteiger partial charge in [-0.05, 0) is 70.1 Å². The molecule has 1 nitrogen and oxygen atoms in total. The van der Waals surface area contributed by atoms with Gasteiger partial charge in [-0.1, -0.05) is 76.3 Å². The average molecular weight is 476 g/mol. The smallest absolute Gasteiger partial charge is 0.133 e. The molecule has 0 radical (unpaired) electrons. The summed E-state index contributed by atoms with van der Waals surface area (Å²) in [4.78, 5) is 4.16. The number of rotatable bonds is 3. The van der Waals surface area contributed by atoms with Crippen molar-refractivity contribution in [2.24, 2.45) is 4.99 Å². The highest BCUT2D eigenvalue weighted by Gasteiger charge is 2.05. The summed E-state index contributed by atoms with van der Waals surface area (Å²) in [7, 11) is 2.66. The maximum absolute atomic E-state index is 13.4. The highest BCUT2D eigenvalue weighted by molar-refractivity contribution is 7.27. The van der Waals surface area contributed by atoms with Gasteiger partial charge in [0.25, 0.3) is 0 Å². The fourth-order valence-electron chi connectivity index (χ4n) is 1.85. The second-order valence-electron chi connectivity index (χ2n) is 6.51. The lowest BCUT2D eigenvalue weighted by Gasteiger charge is -2.02. The predicted octanol–water partition coefficient (Wildman–Crippen LogP) is 9.49. The summed E-state index contributed by atoms with van der Waals surface area (Å²) in [6.45, 7) is 23.2. The van der Waals surface area contributed by atoms with Crippen molar-refractivity contribution in [3.63, 3.8) is 0 Å². The van der Waals surface area contributed by atoms with E-state index in [9.17, 15) is 8.78 Å². The molecule has 1 atom stereocenters. The van der Waals surface area contributed by atoms with Crippen LogP contribution in [0.3, 0.4) is 0 Å². The zero-order valence-corrected chi connectivity index (χ0v) is 23.4. The Morgan fingerprint density at radius 1 is 0.909 bits per heavy atom. The molecule has 0 bridgehead atoms. The molecule has 2 aromatic carbocycles. The summed E-state index contributed by atoms with van der Waals surface area (Å²) in [5, 5.41) is 1.25. The van der Waals surface area contributed by atoms with E-state index in [2.05, 4.69) is 52.0 Å². The first kappa shape index (κ1) is 35.2. The van der Waals surface area contributed by atoms with Crippen LogP contribution in [0.1, 0.15) is 73.4 Å². The SMILES string of the molecule is C/C=C\C.C=C(C)C(C)=N/C=C(\C)c1ccc(F)cc1F.CC.CC.Cc1cccc(P)c1. The number of hydrogen-bond acceptors (Lipinski definition) is 1. The van der Waals surface area contributed by atoms with Gasteiger partial charge in [0.1, 0.15) is 11.6 Å². The second kappa shape index (κ2) is 22.8. The van der Waals surface area contributed by atoms with Gasteiger partial charge in [-0.2, -0.15) is 0 Å². The lowest BCUT2D eigenvalue weighted by molar-refractivity contribution is 0.581. The third kappa shape index (κ3) is 18.9. The zero-order valence-electron chi connectivity index (χ0n) is 22.3. The van der Waals surface area contributed by atoms with Gasteiger partial charge in [-0.3, -0.25) is 4.99 Å². The summed E-state index contributed by atoms with van der Waals surface area (Å²) in [5.41, 5.74) is 3.95. The Hall–Kier alpha value is -2.38. The van der Waals surface area contributed by atoms with Gasteiger partial charge in [0.05, 0.1) is 0 Å². The van der Waals surface area contributed by atoms with Crippen LogP contribution in [0.2, 0.25) is 0 Å². The highest BCUT2D eigenvalue weighted by atomic mass is 31.0. The minimum absolute atomic E-state index is 0.352. The summed E-state index contributed by atoms with van der Waals surface area (Å²) in [6, 6.07) is 11.8. The normalized spacial score (nSPS) is 10.3. The molecule has 0 fully saturated rings. The first-order valence-electron chi connectivity index (χ1n) is 11.3. The number of hydrogen-bond donors (Lipinski definition) is 0. The van der Waals surface area contributed by atoms with Crippen LogP contribution in [0.4, 0.5) is 8.78 Å². The summed E-state index contributed by atoms with van der Waals surface area (Å²) in [6.07, 6.45) is 5.56. The first-order chi connectivity index (χ1) is 15.6. The van der Waals surface area contributed by atoms with Gasteiger partial charge < -0.3 is 0 Å². The zero-order chi connectivity index (χ0) is 26.4. The molecule has 2 aromatic rings. The number of benzene rings is 2. The van der Waals surface area contributed by atoms with Gasteiger partial charge in [0.15, 0.2) is 0 Å². The van der Waals surface area contributed by atoms with E-state index in [0.29, 0.717) is 11.1 Å². The molecule has 4 heteroatoms. The molecule has 0 heterocycles. The lowest BCUT2D eigenvalue weighted by atomic mass is 10.1. The minimum atomic E-state index is -0.583. The van der Waals surface area contributed by atoms with E-state index in [1.165, 1.54) is 23.0 Å². The molecule has 0 saturated carbocycles. The van der Waals surface area contributed by atoms with Crippen LogP contribution in [-0.4, -0.2) is 5.71 Å². The summed E-state index contributed by atoms with van der Waals surface area (Å²) < 4.78 is 26.2. The topological polar surface area (TPSA) is 12.4 Å². The summed E-state index contributed by atoms with van der Waals surface area (Å²) in [5.74, 6) is -1.16. The Kier molecular flexibility index (Phi) is 24.3. The molecule has 0 aromatic heterocycles. The van der Waals surface area contributed by atoms with Crippen LogP contribution >= 0.6 is 9.24 Å². The maximum Gasteiger partial charge on any atom is 0.133 e. The van der Waals surface area contributed by atoms with Crippen molar-refractivity contribution in [1.29, 1.82) is 0 Å². The van der Waals surface area contributed by atoms with Crippen molar-refractivity contribution in [3.8, 4) is 0 Å². The standard InChI is InChI=1S/C14H15F2N.C7H9P.C4H8.2C2H6/c1-9(2)11(4)17-8-10(3)13-6-5-12(15)7-14(13)16;1-6-3-2-4-7(8)5-6;1-3-4-2;2*1-2/h5-8H,1H2,2-4H3;2-5H,8H2,1H3;3-4H,1-2H3;2*1-2H3/b10-8+,17-11?;;4-3-;;. The van der Waals surface area contributed by atoms with Crippen molar-refractivity contribution in [2.45, 2.75) is 69.2 Å². The van der Waals surface area contributed by atoms with Crippen molar-refractivity contribution in [2.75, 3.05) is 0 Å². The molecule has 184 valence electrons. The van der Waals surface area contributed by atoms with Gasteiger partial charge in [0.2, 0.25) is 0 Å². The molecule has 0 aliphatic carbocycles. The molecule has 0 spiro atoms. The molecule has 1 unspecified atom stereocenters. The molecule has 0 aliphatic rings. The van der Waals surface area contributed by atoms with Crippen LogP contribution < -0.4 is 5.30 Å². The van der Waals surface area contributed by atoms with E-state index in [4.69, 9.17) is 0 Å². The quantitative estimate of drug-likeness (QED) is 0.238. The minimum Gasteiger partial charge on any atom is -0.261 e. The Morgan fingerprint density at radius 2 is 1.45 bits per heavy atom. The van der Waals surface area contributed by atoms with E-state index in [1.807, 2.05) is 67.5 Å². The van der Waals surface area contributed by atoms with Gasteiger partial charge >= 0.3 is 0 Å². The van der Waals surface area contributed by atoms with Crippen molar-refractivity contribution < 1.29 is 8.78 Å². The molecular weight excluding hydrogens is 431 g/mol. The molecule has 0 amide bonds. The fourth-order valence-corrected chi connectivity index (χ4v) is 2.23. The van der Waals surface area contributed by atoms with Gasteiger partial charge in [-0.25, -0.2) is 8.78 Å². The average Bonchev–Trinajstić information content (AvgIpc) is 2.80. The van der Waals surface area contributed by atoms with Crippen LogP contribution in [0.15, 0.2) is 78.0 Å². The lowest BCUT2D eigenvalue weighted by Crippen LogP contribution is -1.91. The first-order valence-corrected chi connectivity index (χ1v) is 11.9. The van der Waals surface area contributed by atoms with Gasteiger partial charge in [-0.15, -0.1) is 9.24 Å². The number of aryl methyl sites for hydroxylation is 1. The Labute approximate surface area is 204 Å².